The molecule has 1 aromatic carbocycles. The highest BCUT2D eigenvalue weighted by Gasteiger charge is 2.21. The molecule has 3 rings (SSSR count). The Morgan fingerprint density at radius 1 is 1.42 bits per heavy atom. The summed E-state index contributed by atoms with van der Waals surface area (Å²) in [6, 6.07) is 8.68. The van der Waals surface area contributed by atoms with Crippen molar-refractivity contribution in [2.24, 2.45) is 10.7 Å². The summed E-state index contributed by atoms with van der Waals surface area (Å²) in [5, 5.41) is 7.37. The van der Waals surface area contributed by atoms with Gasteiger partial charge in [0.2, 0.25) is 0 Å². The Kier molecular flexibility index (Phi) is 3.50. The van der Waals surface area contributed by atoms with E-state index in [0.29, 0.717) is 18.5 Å². The molecule has 4 N–H and O–H groups in total. The summed E-state index contributed by atoms with van der Waals surface area (Å²) in [6.07, 6.45) is 2.42. The summed E-state index contributed by atoms with van der Waals surface area (Å²) < 4.78 is 1.20. The molecule has 2 aromatic rings. The lowest BCUT2D eigenvalue weighted by molar-refractivity contribution is 0.878. The van der Waals surface area contributed by atoms with Gasteiger partial charge in [0.25, 0.3) is 0 Å². The smallest absolute Gasteiger partial charge is 0.188 e. The SMILES string of the molecule is NC(=NCCNc1nc2ccccc2s1)NC1CC1. The predicted octanol–water partition coefficient (Wildman–Crippen LogP) is 1.77. The summed E-state index contributed by atoms with van der Waals surface area (Å²) >= 11 is 1.66. The number of fused-ring (bicyclic) bond motifs is 1. The van der Waals surface area contributed by atoms with E-state index in [9.17, 15) is 0 Å². The number of hydrogen-bond donors (Lipinski definition) is 3. The molecule has 1 aliphatic rings. The van der Waals surface area contributed by atoms with E-state index >= 15 is 0 Å². The molecule has 6 heteroatoms. The fourth-order valence-electron chi connectivity index (χ4n) is 1.77. The first-order chi connectivity index (χ1) is 9.31. The van der Waals surface area contributed by atoms with Crippen LogP contribution in [-0.2, 0) is 0 Å². The molecule has 1 heterocycles. The van der Waals surface area contributed by atoms with E-state index in [1.54, 1.807) is 11.3 Å². The van der Waals surface area contributed by atoms with Crippen molar-refractivity contribution < 1.29 is 0 Å². The third kappa shape index (κ3) is 3.35. The number of nitrogens with one attached hydrogen (secondary N) is 2. The number of anilines is 1. The van der Waals surface area contributed by atoms with E-state index in [0.717, 1.165) is 17.2 Å². The molecule has 0 spiro atoms. The van der Waals surface area contributed by atoms with E-state index in [-0.39, 0.29) is 0 Å². The molecule has 100 valence electrons. The molecule has 0 atom stereocenters. The molecule has 0 unspecified atom stereocenters. The van der Waals surface area contributed by atoms with Crippen LogP contribution in [0, 0.1) is 0 Å². The maximum atomic E-state index is 5.75. The molecular weight excluding hydrogens is 258 g/mol. The number of aliphatic imine (C=N–C) groups is 1. The largest absolute Gasteiger partial charge is 0.370 e. The number of nitrogens with zero attached hydrogens (tertiary/aromatic N) is 2. The first-order valence-corrected chi connectivity index (χ1v) is 7.29. The van der Waals surface area contributed by atoms with Gasteiger partial charge in [-0.2, -0.15) is 0 Å². The fraction of sp³-hybridized carbons (Fsp3) is 0.385. The molecule has 0 bridgehead atoms. The van der Waals surface area contributed by atoms with Crippen molar-refractivity contribution in [2.75, 3.05) is 18.4 Å². The van der Waals surface area contributed by atoms with Gasteiger partial charge in [-0.3, -0.25) is 4.99 Å². The molecular formula is C13H17N5S. The van der Waals surface area contributed by atoms with E-state index < -0.39 is 0 Å². The summed E-state index contributed by atoms with van der Waals surface area (Å²) in [6.45, 7) is 1.40. The normalized spacial score (nSPS) is 15.7. The molecule has 1 aliphatic carbocycles. The summed E-state index contributed by atoms with van der Waals surface area (Å²) in [5.41, 5.74) is 6.79. The highest BCUT2D eigenvalue weighted by Crippen LogP contribution is 2.24. The molecule has 0 aliphatic heterocycles. The molecule has 5 nitrogen and oxygen atoms in total. The van der Waals surface area contributed by atoms with Gasteiger partial charge in [-0.15, -0.1) is 0 Å². The lowest BCUT2D eigenvalue weighted by atomic mass is 10.3. The lowest BCUT2D eigenvalue weighted by Crippen LogP contribution is -2.33. The second-order valence-corrected chi connectivity index (χ2v) is 5.63. The Labute approximate surface area is 115 Å². The van der Waals surface area contributed by atoms with Crippen LogP contribution in [-0.4, -0.2) is 30.1 Å². The summed E-state index contributed by atoms with van der Waals surface area (Å²) in [7, 11) is 0. The Hall–Kier alpha value is -1.82. The number of para-hydroxylation sites is 1. The van der Waals surface area contributed by atoms with Crippen molar-refractivity contribution in [3.63, 3.8) is 0 Å². The molecule has 1 saturated carbocycles. The zero-order valence-electron chi connectivity index (χ0n) is 10.6. The Morgan fingerprint density at radius 2 is 2.26 bits per heavy atom. The van der Waals surface area contributed by atoms with Crippen LogP contribution < -0.4 is 16.4 Å². The standard InChI is InChI=1S/C13H17N5S/c14-12(17-9-5-6-9)15-7-8-16-13-18-10-3-1-2-4-11(10)19-13/h1-4,9H,5-8H2,(H,16,18)(H3,14,15,17). The average molecular weight is 275 g/mol. The van der Waals surface area contributed by atoms with E-state index in [4.69, 9.17) is 5.73 Å². The molecule has 1 fully saturated rings. The Morgan fingerprint density at radius 3 is 3.05 bits per heavy atom. The third-order valence-corrected chi connectivity index (χ3v) is 3.89. The summed E-state index contributed by atoms with van der Waals surface area (Å²) in [4.78, 5) is 8.77. The number of benzene rings is 1. The van der Waals surface area contributed by atoms with Crippen LogP contribution in [0.25, 0.3) is 10.2 Å². The first-order valence-electron chi connectivity index (χ1n) is 6.47. The highest BCUT2D eigenvalue weighted by atomic mass is 32.1. The zero-order valence-corrected chi connectivity index (χ0v) is 11.4. The van der Waals surface area contributed by atoms with Crippen LogP contribution in [0.15, 0.2) is 29.3 Å². The van der Waals surface area contributed by atoms with Crippen LogP contribution in [0.3, 0.4) is 0 Å². The fourth-order valence-corrected chi connectivity index (χ4v) is 2.66. The summed E-state index contributed by atoms with van der Waals surface area (Å²) in [5.74, 6) is 0.550. The Bertz CT molecular complexity index is 554. The number of guanidine groups is 1. The van der Waals surface area contributed by atoms with Crippen LogP contribution in [0.1, 0.15) is 12.8 Å². The van der Waals surface area contributed by atoms with Gasteiger partial charge in [0.1, 0.15) is 0 Å². The lowest BCUT2D eigenvalue weighted by Gasteiger charge is -2.03. The van der Waals surface area contributed by atoms with Gasteiger partial charge in [-0.05, 0) is 25.0 Å². The van der Waals surface area contributed by atoms with Gasteiger partial charge in [-0.25, -0.2) is 4.98 Å². The first kappa shape index (κ1) is 12.2. The number of rotatable bonds is 5. The van der Waals surface area contributed by atoms with Gasteiger partial charge in [0.15, 0.2) is 11.1 Å². The quantitative estimate of drug-likeness (QED) is 0.442. The van der Waals surface area contributed by atoms with Crippen molar-refractivity contribution in [3.8, 4) is 0 Å². The van der Waals surface area contributed by atoms with Gasteiger partial charge >= 0.3 is 0 Å². The number of thiazole rings is 1. The molecule has 19 heavy (non-hydrogen) atoms. The van der Waals surface area contributed by atoms with Crippen LogP contribution in [0.5, 0.6) is 0 Å². The van der Waals surface area contributed by atoms with Crippen LogP contribution >= 0.6 is 11.3 Å². The highest BCUT2D eigenvalue weighted by molar-refractivity contribution is 7.22. The van der Waals surface area contributed by atoms with Crippen molar-refractivity contribution in [1.29, 1.82) is 0 Å². The number of aromatic nitrogens is 1. The minimum Gasteiger partial charge on any atom is -0.370 e. The predicted molar refractivity (Wildman–Crippen MR) is 80.8 cm³/mol. The van der Waals surface area contributed by atoms with Crippen LogP contribution in [0.4, 0.5) is 5.13 Å². The molecule has 0 saturated heterocycles. The van der Waals surface area contributed by atoms with Gasteiger partial charge in [0.05, 0.1) is 16.8 Å². The zero-order chi connectivity index (χ0) is 13.1. The van der Waals surface area contributed by atoms with Crippen molar-refractivity contribution in [1.82, 2.24) is 10.3 Å². The monoisotopic (exact) mass is 275 g/mol. The van der Waals surface area contributed by atoms with Crippen LogP contribution in [0.2, 0.25) is 0 Å². The van der Waals surface area contributed by atoms with E-state index in [2.05, 4.69) is 26.7 Å². The maximum Gasteiger partial charge on any atom is 0.188 e. The average Bonchev–Trinajstić information content (AvgIpc) is 3.11. The van der Waals surface area contributed by atoms with E-state index in [1.807, 2.05) is 18.2 Å². The molecule has 0 amide bonds. The number of nitrogens with two attached hydrogens (primary N) is 1. The van der Waals surface area contributed by atoms with E-state index in [1.165, 1.54) is 17.5 Å². The maximum absolute atomic E-state index is 5.75. The van der Waals surface area contributed by atoms with Gasteiger partial charge < -0.3 is 16.4 Å². The number of hydrogen-bond acceptors (Lipinski definition) is 4. The van der Waals surface area contributed by atoms with Gasteiger partial charge in [0, 0.05) is 12.6 Å². The minimum atomic E-state index is 0.550. The topological polar surface area (TPSA) is 75.3 Å². The minimum absolute atomic E-state index is 0.550. The van der Waals surface area contributed by atoms with Crippen molar-refractivity contribution in [3.05, 3.63) is 24.3 Å². The van der Waals surface area contributed by atoms with Crippen molar-refractivity contribution in [2.45, 2.75) is 18.9 Å². The Balaban J connectivity index is 1.48. The van der Waals surface area contributed by atoms with Crippen molar-refractivity contribution >= 4 is 32.6 Å². The van der Waals surface area contributed by atoms with Gasteiger partial charge in [-0.1, -0.05) is 23.5 Å². The second kappa shape index (κ2) is 5.44. The second-order valence-electron chi connectivity index (χ2n) is 4.60. The third-order valence-electron chi connectivity index (χ3n) is 2.89. The molecule has 0 radical (unpaired) electrons. The molecule has 1 aromatic heterocycles.